The van der Waals surface area contributed by atoms with E-state index in [1.165, 1.54) is 0 Å². The van der Waals surface area contributed by atoms with Crippen LogP contribution < -0.4 is 5.32 Å². The molecule has 3 nitrogen and oxygen atoms in total. The lowest BCUT2D eigenvalue weighted by Crippen LogP contribution is -2.63. The van der Waals surface area contributed by atoms with Gasteiger partial charge in [-0.2, -0.15) is 0 Å². The monoisotopic (exact) mass is 200 g/mol. The van der Waals surface area contributed by atoms with Crippen molar-refractivity contribution in [2.45, 2.75) is 27.7 Å². The Morgan fingerprint density at radius 2 is 1.79 bits per heavy atom. The van der Waals surface area contributed by atoms with Crippen molar-refractivity contribution in [3.8, 4) is 0 Å². The van der Waals surface area contributed by atoms with Gasteiger partial charge in [0, 0.05) is 20.1 Å². The number of carbonyl (C=O) groups is 1. The second-order valence-electron chi connectivity index (χ2n) is 4.06. The molecule has 0 aromatic carbocycles. The normalized spacial score (nSPS) is 19.4. The SMILES string of the molecule is CC.CNC(=O)C1(C(C)C)CN(C)C1. The molecule has 0 aromatic heterocycles. The van der Waals surface area contributed by atoms with Crippen LogP contribution in [0.15, 0.2) is 0 Å². The van der Waals surface area contributed by atoms with Gasteiger partial charge in [-0.3, -0.25) is 4.79 Å². The fourth-order valence-corrected chi connectivity index (χ4v) is 1.94. The van der Waals surface area contributed by atoms with E-state index in [0.29, 0.717) is 5.92 Å². The van der Waals surface area contributed by atoms with E-state index in [0.717, 1.165) is 13.1 Å². The van der Waals surface area contributed by atoms with E-state index in [9.17, 15) is 4.79 Å². The molecule has 1 N–H and O–H groups in total. The largest absolute Gasteiger partial charge is 0.359 e. The van der Waals surface area contributed by atoms with Gasteiger partial charge >= 0.3 is 0 Å². The molecular formula is C11H24N2O. The van der Waals surface area contributed by atoms with Crippen LogP contribution in [-0.4, -0.2) is 38.0 Å². The van der Waals surface area contributed by atoms with Crippen molar-refractivity contribution >= 4 is 5.91 Å². The maximum Gasteiger partial charge on any atom is 0.228 e. The first-order chi connectivity index (χ1) is 6.53. The minimum absolute atomic E-state index is 0.122. The van der Waals surface area contributed by atoms with Crippen molar-refractivity contribution < 1.29 is 4.79 Å². The number of likely N-dealkylation sites (tertiary alicyclic amines) is 1. The Hall–Kier alpha value is -0.570. The topological polar surface area (TPSA) is 32.3 Å². The second kappa shape index (κ2) is 5.35. The molecule has 1 fully saturated rings. The van der Waals surface area contributed by atoms with Crippen molar-refractivity contribution in [3.63, 3.8) is 0 Å². The zero-order chi connectivity index (χ0) is 11.4. The van der Waals surface area contributed by atoms with E-state index in [-0.39, 0.29) is 11.3 Å². The first kappa shape index (κ1) is 13.4. The summed E-state index contributed by atoms with van der Waals surface area (Å²) in [6.07, 6.45) is 0. The van der Waals surface area contributed by atoms with Crippen molar-refractivity contribution in [3.05, 3.63) is 0 Å². The molecule has 0 bridgehead atoms. The van der Waals surface area contributed by atoms with E-state index < -0.39 is 0 Å². The van der Waals surface area contributed by atoms with Crippen LogP contribution >= 0.6 is 0 Å². The predicted molar refractivity (Wildman–Crippen MR) is 60.2 cm³/mol. The molecule has 1 aliphatic heterocycles. The van der Waals surface area contributed by atoms with Gasteiger partial charge < -0.3 is 10.2 Å². The van der Waals surface area contributed by atoms with E-state index in [4.69, 9.17) is 0 Å². The van der Waals surface area contributed by atoms with Gasteiger partial charge in [-0.05, 0) is 13.0 Å². The minimum atomic E-state index is -0.122. The maximum atomic E-state index is 11.6. The van der Waals surface area contributed by atoms with Crippen LogP contribution in [0, 0.1) is 11.3 Å². The van der Waals surface area contributed by atoms with Crippen LogP contribution in [0.3, 0.4) is 0 Å². The van der Waals surface area contributed by atoms with E-state index in [2.05, 4.69) is 24.1 Å². The summed E-state index contributed by atoms with van der Waals surface area (Å²) in [4.78, 5) is 13.7. The molecule has 0 atom stereocenters. The summed E-state index contributed by atoms with van der Waals surface area (Å²) in [7, 11) is 3.76. The smallest absolute Gasteiger partial charge is 0.228 e. The molecule has 0 saturated carbocycles. The van der Waals surface area contributed by atoms with Crippen LogP contribution in [0.5, 0.6) is 0 Å². The number of hydrogen-bond donors (Lipinski definition) is 1. The lowest BCUT2D eigenvalue weighted by molar-refractivity contribution is -0.144. The number of rotatable bonds is 2. The molecule has 1 saturated heterocycles. The second-order valence-corrected chi connectivity index (χ2v) is 4.06. The molecule has 0 aliphatic carbocycles. The molecule has 0 aromatic rings. The van der Waals surface area contributed by atoms with E-state index in [1.807, 2.05) is 20.9 Å². The lowest BCUT2D eigenvalue weighted by Gasteiger charge is -2.49. The summed E-state index contributed by atoms with van der Waals surface area (Å²) < 4.78 is 0. The molecule has 1 amide bonds. The van der Waals surface area contributed by atoms with Gasteiger partial charge in [0.05, 0.1) is 5.41 Å². The highest BCUT2D eigenvalue weighted by Gasteiger charge is 2.49. The van der Waals surface area contributed by atoms with Crippen molar-refractivity contribution in [2.75, 3.05) is 27.2 Å². The summed E-state index contributed by atoms with van der Waals surface area (Å²) in [5, 5.41) is 2.74. The summed E-state index contributed by atoms with van der Waals surface area (Å²) in [5.74, 6) is 0.615. The Balaban J connectivity index is 0.000000791. The lowest BCUT2D eigenvalue weighted by atomic mass is 9.70. The summed E-state index contributed by atoms with van der Waals surface area (Å²) >= 11 is 0. The fourth-order valence-electron chi connectivity index (χ4n) is 1.94. The highest BCUT2D eigenvalue weighted by molar-refractivity contribution is 5.84. The number of nitrogens with zero attached hydrogens (tertiary/aromatic N) is 1. The predicted octanol–water partition coefficient (Wildman–Crippen LogP) is 1.35. The molecular weight excluding hydrogens is 176 g/mol. The fraction of sp³-hybridized carbons (Fsp3) is 0.909. The van der Waals surface area contributed by atoms with E-state index >= 15 is 0 Å². The number of hydrogen-bond acceptors (Lipinski definition) is 2. The van der Waals surface area contributed by atoms with Crippen LogP contribution in [-0.2, 0) is 4.79 Å². The Bertz CT molecular complexity index is 184. The van der Waals surface area contributed by atoms with Crippen molar-refractivity contribution in [1.82, 2.24) is 10.2 Å². The van der Waals surface area contributed by atoms with Crippen LogP contribution in [0.4, 0.5) is 0 Å². The van der Waals surface area contributed by atoms with Gasteiger partial charge in [0.1, 0.15) is 0 Å². The van der Waals surface area contributed by atoms with Crippen molar-refractivity contribution in [1.29, 1.82) is 0 Å². The maximum absolute atomic E-state index is 11.6. The van der Waals surface area contributed by atoms with Gasteiger partial charge in [0.15, 0.2) is 0 Å². The Morgan fingerprint density at radius 3 is 2.00 bits per heavy atom. The summed E-state index contributed by atoms with van der Waals surface area (Å²) in [6, 6.07) is 0. The molecule has 3 heteroatoms. The molecule has 1 heterocycles. The van der Waals surface area contributed by atoms with Gasteiger partial charge in [-0.25, -0.2) is 0 Å². The van der Waals surface area contributed by atoms with Crippen LogP contribution in [0.1, 0.15) is 27.7 Å². The number of amides is 1. The first-order valence-corrected chi connectivity index (χ1v) is 5.43. The third kappa shape index (κ3) is 2.27. The first-order valence-electron chi connectivity index (χ1n) is 5.43. The van der Waals surface area contributed by atoms with Crippen LogP contribution in [0.2, 0.25) is 0 Å². The summed E-state index contributed by atoms with van der Waals surface area (Å²) in [6.45, 7) is 10.0. The average molecular weight is 200 g/mol. The van der Waals surface area contributed by atoms with Gasteiger partial charge in [0.25, 0.3) is 0 Å². The molecule has 1 rings (SSSR count). The molecule has 84 valence electrons. The van der Waals surface area contributed by atoms with Crippen LogP contribution in [0.25, 0.3) is 0 Å². The zero-order valence-electron chi connectivity index (χ0n) is 10.3. The highest BCUT2D eigenvalue weighted by Crippen LogP contribution is 2.36. The molecule has 0 radical (unpaired) electrons. The Morgan fingerprint density at radius 1 is 1.36 bits per heavy atom. The van der Waals surface area contributed by atoms with Gasteiger partial charge in [-0.1, -0.05) is 27.7 Å². The molecule has 1 aliphatic rings. The molecule has 0 unspecified atom stereocenters. The highest BCUT2D eigenvalue weighted by atomic mass is 16.2. The zero-order valence-corrected chi connectivity index (χ0v) is 10.3. The quantitative estimate of drug-likeness (QED) is 0.729. The third-order valence-corrected chi connectivity index (χ3v) is 2.89. The number of nitrogens with one attached hydrogen (secondary N) is 1. The standard InChI is InChI=1S/C9H18N2O.C2H6/c1-7(2)9(8(12)10-3)5-11(4)6-9;1-2/h7H,5-6H2,1-4H3,(H,10,12);1-2H3. The number of carbonyl (C=O) groups excluding carboxylic acids is 1. The molecule has 14 heavy (non-hydrogen) atoms. The average Bonchev–Trinajstić information content (AvgIpc) is 2.14. The van der Waals surface area contributed by atoms with Gasteiger partial charge in [0.2, 0.25) is 5.91 Å². The molecule has 0 spiro atoms. The Labute approximate surface area is 87.9 Å². The van der Waals surface area contributed by atoms with Gasteiger partial charge in [-0.15, -0.1) is 0 Å². The summed E-state index contributed by atoms with van der Waals surface area (Å²) in [5.41, 5.74) is -0.122. The Kier molecular flexibility index (Phi) is 5.13. The minimum Gasteiger partial charge on any atom is -0.359 e. The van der Waals surface area contributed by atoms with Crippen molar-refractivity contribution in [2.24, 2.45) is 11.3 Å². The third-order valence-electron chi connectivity index (χ3n) is 2.89. The van der Waals surface area contributed by atoms with E-state index in [1.54, 1.807) is 7.05 Å².